The zero-order valence-corrected chi connectivity index (χ0v) is 14.1. The second-order valence-corrected chi connectivity index (χ2v) is 7.67. The predicted octanol–water partition coefficient (Wildman–Crippen LogP) is 1.61. The Morgan fingerprint density at radius 3 is 2.14 bits per heavy atom. The molecule has 118 valence electrons. The van der Waals surface area contributed by atoms with E-state index in [0.717, 1.165) is 5.56 Å². The maximum atomic E-state index is 11.8. The average molecular weight is 312 g/mol. The summed E-state index contributed by atoms with van der Waals surface area (Å²) < 4.78 is 22.9. The Morgan fingerprint density at radius 2 is 1.71 bits per heavy atom. The average Bonchev–Trinajstić information content (AvgIpc) is 2.35. The molecule has 0 radical (unpaired) electrons. The smallest absolute Gasteiger partial charge is 0.234 e. The Balaban J connectivity index is 2.74. The van der Waals surface area contributed by atoms with Gasteiger partial charge < -0.3 is 5.32 Å². The lowest BCUT2D eigenvalue weighted by Gasteiger charge is -2.25. The van der Waals surface area contributed by atoms with Crippen LogP contribution >= 0.6 is 0 Å². The molecular formula is C15H24N2O3S. The molecule has 1 unspecified atom stereocenters. The van der Waals surface area contributed by atoms with Gasteiger partial charge in [0, 0.05) is 18.3 Å². The van der Waals surface area contributed by atoms with Crippen molar-refractivity contribution in [3.63, 3.8) is 0 Å². The molecule has 0 fully saturated rings. The molecule has 0 aliphatic rings. The van der Waals surface area contributed by atoms with E-state index < -0.39 is 9.84 Å². The van der Waals surface area contributed by atoms with E-state index in [0.29, 0.717) is 11.4 Å². The maximum Gasteiger partial charge on any atom is 0.234 e. The predicted molar refractivity (Wildman–Crippen MR) is 83.9 cm³/mol. The molecule has 1 atom stereocenters. The van der Waals surface area contributed by atoms with Crippen LogP contribution in [0.1, 0.15) is 32.4 Å². The minimum atomic E-state index is -3.18. The number of rotatable bonds is 6. The lowest BCUT2D eigenvalue weighted by molar-refractivity contribution is -0.122. The molecule has 1 aromatic carbocycles. The highest BCUT2D eigenvalue weighted by molar-refractivity contribution is 7.90. The van der Waals surface area contributed by atoms with Crippen LogP contribution in [0.2, 0.25) is 0 Å². The third-order valence-electron chi connectivity index (χ3n) is 3.29. The van der Waals surface area contributed by atoms with Gasteiger partial charge in [-0.05, 0) is 45.5 Å². The fourth-order valence-corrected chi connectivity index (χ4v) is 2.61. The van der Waals surface area contributed by atoms with Crippen molar-refractivity contribution in [2.75, 3.05) is 19.8 Å². The second-order valence-electron chi connectivity index (χ2n) is 5.65. The quantitative estimate of drug-likeness (QED) is 0.866. The molecule has 0 bridgehead atoms. The van der Waals surface area contributed by atoms with Gasteiger partial charge in [0.1, 0.15) is 0 Å². The van der Waals surface area contributed by atoms with Gasteiger partial charge in [0.25, 0.3) is 0 Å². The molecule has 1 N–H and O–H groups in total. The van der Waals surface area contributed by atoms with Gasteiger partial charge in [-0.1, -0.05) is 12.1 Å². The van der Waals surface area contributed by atoms with Crippen molar-refractivity contribution in [3.05, 3.63) is 29.8 Å². The van der Waals surface area contributed by atoms with Crippen molar-refractivity contribution in [3.8, 4) is 0 Å². The lowest BCUT2D eigenvalue weighted by atomic mass is 10.1. The molecule has 0 aliphatic carbocycles. The number of likely N-dealkylation sites (N-methyl/N-ethyl adjacent to an activating group) is 1. The highest BCUT2D eigenvalue weighted by Gasteiger charge is 2.16. The standard InChI is InChI=1S/C15H24N2O3S/c1-11(2)16-15(18)10-17(4)12(3)13-6-8-14(9-7-13)21(5,19)20/h6-9,11-12H,10H2,1-5H3,(H,16,18). The van der Waals surface area contributed by atoms with Crippen LogP contribution in [0.5, 0.6) is 0 Å². The van der Waals surface area contributed by atoms with Gasteiger partial charge >= 0.3 is 0 Å². The molecular weight excluding hydrogens is 288 g/mol. The third-order valence-corrected chi connectivity index (χ3v) is 4.42. The van der Waals surface area contributed by atoms with E-state index in [2.05, 4.69) is 5.32 Å². The third kappa shape index (κ3) is 5.47. The van der Waals surface area contributed by atoms with Crippen LogP contribution in [-0.2, 0) is 14.6 Å². The summed E-state index contributed by atoms with van der Waals surface area (Å²) in [6.45, 7) is 6.13. The zero-order chi connectivity index (χ0) is 16.2. The summed E-state index contributed by atoms with van der Waals surface area (Å²) in [5.41, 5.74) is 0.974. The molecule has 6 heteroatoms. The topological polar surface area (TPSA) is 66.5 Å². The van der Waals surface area contributed by atoms with Crippen LogP contribution in [0, 0.1) is 0 Å². The summed E-state index contributed by atoms with van der Waals surface area (Å²) in [5.74, 6) is -0.0212. The lowest BCUT2D eigenvalue weighted by Crippen LogP contribution is -2.39. The number of amides is 1. The van der Waals surface area contributed by atoms with E-state index in [9.17, 15) is 13.2 Å². The zero-order valence-electron chi connectivity index (χ0n) is 13.3. The summed E-state index contributed by atoms with van der Waals surface area (Å²) in [6.07, 6.45) is 1.19. The Bertz CT molecular complexity index is 579. The van der Waals surface area contributed by atoms with Gasteiger partial charge in [0.15, 0.2) is 9.84 Å². The van der Waals surface area contributed by atoms with Crippen molar-refractivity contribution in [1.29, 1.82) is 0 Å². The van der Waals surface area contributed by atoms with E-state index in [1.807, 2.05) is 32.7 Å². The molecule has 0 spiro atoms. The van der Waals surface area contributed by atoms with Crippen molar-refractivity contribution in [2.24, 2.45) is 0 Å². The summed E-state index contributed by atoms with van der Waals surface area (Å²) in [7, 11) is -1.31. The van der Waals surface area contributed by atoms with Crippen molar-refractivity contribution in [1.82, 2.24) is 10.2 Å². The fourth-order valence-electron chi connectivity index (χ4n) is 1.98. The number of hydrogen-bond donors (Lipinski definition) is 1. The van der Waals surface area contributed by atoms with Gasteiger partial charge in [-0.3, -0.25) is 9.69 Å². The first kappa shape index (κ1) is 17.7. The van der Waals surface area contributed by atoms with E-state index in [1.54, 1.807) is 24.3 Å². The van der Waals surface area contributed by atoms with Crippen LogP contribution in [0.25, 0.3) is 0 Å². The van der Waals surface area contributed by atoms with Gasteiger partial charge in [-0.15, -0.1) is 0 Å². The van der Waals surface area contributed by atoms with Crippen LogP contribution in [0.4, 0.5) is 0 Å². The summed E-state index contributed by atoms with van der Waals surface area (Å²) in [5, 5.41) is 2.85. The number of nitrogens with one attached hydrogen (secondary N) is 1. The van der Waals surface area contributed by atoms with E-state index in [1.165, 1.54) is 6.26 Å². The molecule has 5 nitrogen and oxygen atoms in total. The second kappa shape index (κ2) is 7.04. The Kier molecular flexibility index (Phi) is 5.92. The molecule has 0 saturated carbocycles. The first-order chi connectivity index (χ1) is 9.61. The van der Waals surface area contributed by atoms with E-state index in [4.69, 9.17) is 0 Å². The molecule has 1 rings (SSSR count). The number of carbonyl (C=O) groups excluding carboxylic acids is 1. The van der Waals surface area contributed by atoms with Gasteiger partial charge in [-0.25, -0.2) is 8.42 Å². The summed E-state index contributed by atoms with van der Waals surface area (Å²) in [4.78, 5) is 14.0. The number of hydrogen-bond acceptors (Lipinski definition) is 4. The number of carbonyl (C=O) groups is 1. The van der Waals surface area contributed by atoms with Crippen molar-refractivity contribution >= 4 is 15.7 Å². The Morgan fingerprint density at radius 1 is 1.19 bits per heavy atom. The largest absolute Gasteiger partial charge is 0.353 e. The molecule has 0 saturated heterocycles. The first-order valence-electron chi connectivity index (χ1n) is 6.91. The molecule has 0 aliphatic heterocycles. The highest BCUT2D eigenvalue weighted by Crippen LogP contribution is 2.20. The van der Waals surface area contributed by atoms with E-state index >= 15 is 0 Å². The minimum Gasteiger partial charge on any atom is -0.353 e. The van der Waals surface area contributed by atoms with Crippen molar-refractivity contribution in [2.45, 2.75) is 37.8 Å². The van der Waals surface area contributed by atoms with Crippen LogP contribution in [-0.4, -0.2) is 45.1 Å². The molecule has 1 amide bonds. The summed E-state index contributed by atoms with van der Waals surface area (Å²) >= 11 is 0. The molecule has 21 heavy (non-hydrogen) atoms. The number of nitrogens with zero attached hydrogens (tertiary/aromatic N) is 1. The SMILES string of the molecule is CC(C)NC(=O)CN(C)C(C)c1ccc(S(C)(=O)=O)cc1. The van der Waals surface area contributed by atoms with Crippen LogP contribution < -0.4 is 5.32 Å². The van der Waals surface area contributed by atoms with Gasteiger partial charge in [-0.2, -0.15) is 0 Å². The fraction of sp³-hybridized carbons (Fsp3) is 0.533. The van der Waals surface area contributed by atoms with E-state index in [-0.39, 0.29) is 18.0 Å². The molecule has 1 aromatic rings. The van der Waals surface area contributed by atoms with Crippen LogP contribution in [0.15, 0.2) is 29.2 Å². The monoisotopic (exact) mass is 312 g/mol. The van der Waals surface area contributed by atoms with Gasteiger partial charge in [0.05, 0.1) is 11.4 Å². The Labute approximate surface area is 127 Å². The number of benzene rings is 1. The van der Waals surface area contributed by atoms with Gasteiger partial charge in [0.2, 0.25) is 5.91 Å². The molecule has 0 heterocycles. The number of sulfone groups is 1. The summed E-state index contributed by atoms with van der Waals surface area (Å²) in [6, 6.07) is 6.93. The van der Waals surface area contributed by atoms with Crippen molar-refractivity contribution < 1.29 is 13.2 Å². The maximum absolute atomic E-state index is 11.8. The Hall–Kier alpha value is -1.40. The normalized spacial score (nSPS) is 13.5. The highest BCUT2D eigenvalue weighted by atomic mass is 32.2. The van der Waals surface area contributed by atoms with Crippen LogP contribution in [0.3, 0.4) is 0 Å². The first-order valence-corrected chi connectivity index (χ1v) is 8.80. The molecule has 0 aromatic heterocycles. The minimum absolute atomic E-state index is 0.0212.